The highest BCUT2D eigenvalue weighted by Gasteiger charge is 2.24. The summed E-state index contributed by atoms with van der Waals surface area (Å²) >= 11 is 0. The number of anilines is 1. The van der Waals surface area contributed by atoms with E-state index in [1.54, 1.807) is 24.3 Å². The second kappa shape index (κ2) is 8.91. The van der Waals surface area contributed by atoms with E-state index in [4.69, 9.17) is 4.74 Å². The summed E-state index contributed by atoms with van der Waals surface area (Å²) in [5, 5.41) is 3.56. The van der Waals surface area contributed by atoms with Crippen molar-refractivity contribution in [1.82, 2.24) is 4.90 Å². The Morgan fingerprint density at radius 1 is 1.11 bits per heavy atom. The molecule has 0 radical (unpaired) electrons. The standard InChI is InChI=1S/C23H28N2O3/c1-16-6-9-20(13-17(16)2)24-21-5-4-12-25(14-21)23(27)15-28-22-10-7-19(8-11-22)18(3)26/h6-11,13,21,24H,4-5,12,14-15H2,1-3H3/t21-/m0/s1. The van der Waals surface area contributed by atoms with Crippen molar-refractivity contribution in [2.24, 2.45) is 0 Å². The average Bonchev–Trinajstić information content (AvgIpc) is 2.69. The maximum absolute atomic E-state index is 12.6. The van der Waals surface area contributed by atoms with E-state index < -0.39 is 0 Å². The first kappa shape index (κ1) is 19.9. The smallest absolute Gasteiger partial charge is 0.260 e. The van der Waals surface area contributed by atoms with Crippen LogP contribution in [0.15, 0.2) is 42.5 Å². The normalized spacial score (nSPS) is 16.5. The van der Waals surface area contributed by atoms with Crippen molar-refractivity contribution in [3.63, 3.8) is 0 Å². The number of nitrogens with zero attached hydrogens (tertiary/aromatic N) is 1. The fourth-order valence-corrected chi connectivity index (χ4v) is 3.41. The van der Waals surface area contributed by atoms with E-state index in [1.165, 1.54) is 18.1 Å². The fourth-order valence-electron chi connectivity index (χ4n) is 3.41. The number of benzene rings is 2. The molecule has 5 nitrogen and oxygen atoms in total. The molecule has 0 saturated carbocycles. The van der Waals surface area contributed by atoms with Gasteiger partial charge in [-0.05, 0) is 81.1 Å². The molecular weight excluding hydrogens is 352 g/mol. The van der Waals surface area contributed by atoms with Crippen LogP contribution in [0.4, 0.5) is 5.69 Å². The molecule has 5 heteroatoms. The molecule has 2 aromatic rings. The molecule has 0 bridgehead atoms. The second-order valence-electron chi connectivity index (χ2n) is 7.49. The Morgan fingerprint density at radius 2 is 1.86 bits per heavy atom. The highest BCUT2D eigenvalue weighted by Crippen LogP contribution is 2.19. The van der Waals surface area contributed by atoms with Crippen molar-refractivity contribution in [2.75, 3.05) is 25.0 Å². The molecule has 0 unspecified atom stereocenters. The topological polar surface area (TPSA) is 58.6 Å². The summed E-state index contributed by atoms with van der Waals surface area (Å²) in [5.74, 6) is 0.598. The van der Waals surface area contributed by atoms with Crippen LogP contribution in [-0.2, 0) is 4.79 Å². The van der Waals surface area contributed by atoms with Gasteiger partial charge in [-0.15, -0.1) is 0 Å². The molecule has 148 valence electrons. The van der Waals surface area contributed by atoms with Crippen molar-refractivity contribution in [1.29, 1.82) is 0 Å². The predicted molar refractivity (Wildman–Crippen MR) is 111 cm³/mol. The van der Waals surface area contributed by atoms with Gasteiger partial charge in [-0.2, -0.15) is 0 Å². The lowest BCUT2D eigenvalue weighted by atomic mass is 10.0. The third-order valence-electron chi connectivity index (χ3n) is 5.27. The van der Waals surface area contributed by atoms with Crippen molar-refractivity contribution in [2.45, 2.75) is 39.7 Å². The molecule has 0 spiro atoms. The molecule has 1 N–H and O–H groups in total. The quantitative estimate of drug-likeness (QED) is 0.770. The summed E-state index contributed by atoms with van der Waals surface area (Å²) in [5.41, 5.74) is 4.27. The van der Waals surface area contributed by atoms with Gasteiger partial charge in [-0.3, -0.25) is 9.59 Å². The molecule has 1 heterocycles. The number of rotatable bonds is 6. The second-order valence-corrected chi connectivity index (χ2v) is 7.49. The van der Waals surface area contributed by atoms with E-state index in [0.717, 1.165) is 25.1 Å². The Kier molecular flexibility index (Phi) is 6.34. The summed E-state index contributed by atoms with van der Waals surface area (Å²) in [6.45, 7) is 7.19. The first-order chi connectivity index (χ1) is 13.4. The Morgan fingerprint density at radius 3 is 2.54 bits per heavy atom. The maximum atomic E-state index is 12.6. The van der Waals surface area contributed by atoms with Crippen LogP contribution in [0.1, 0.15) is 41.3 Å². The lowest BCUT2D eigenvalue weighted by molar-refractivity contribution is -0.134. The monoisotopic (exact) mass is 380 g/mol. The SMILES string of the molecule is CC(=O)c1ccc(OCC(=O)N2CCC[C@H](Nc3ccc(C)c(C)c3)C2)cc1. The zero-order valence-electron chi connectivity index (χ0n) is 16.8. The number of likely N-dealkylation sites (tertiary alicyclic amines) is 1. The number of ether oxygens (including phenoxy) is 1. The number of piperidine rings is 1. The number of carbonyl (C=O) groups excluding carboxylic acids is 2. The third-order valence-corrected chi connectivity index (χ3v) is 5.27. The van der Waals surface area contributed by atoms with E-state index in [0.29, 0.717) is 17.9 Å². The number of carbonyl (C=O) groups is 2. The Bertz CT molecular complexity index is 845. The molecule has 1 aliphatic rings. The number of hydrogen-bond acceptors (Lipinski definition) is 4. The maximum Gasteiger partial charge on any atom is 0.260 e. The minimum atomic E-state index is -0.0118. The molecule has 0 aliphatic carbocycles. The van der Waals surface area contributed by atoms with Gasteiger partial charge in [-0.1, -0.05) is 6.07 Å². The van der Waals surface area contributed by atoms with Crippen molar-refractivity contribution >= 4 is 17.4 Å². The van der Waals surface area contributed by atoms with Crippen LogP contribution >= 0.6 is 0 Å². The van der Waals surface area contributed by atoms with Gasteiger partial charge in [0.1, 0.15) is 5.75 Å². The fraction of sp³-hybridized carbons (Fsp3) is 0.391. The molecule has 28 heavy (non-hydrogen) atoms. The highest BCUT2D eigenvalue weighted by atomic mass is 16.5. The Hall–Kier alpha value is -2.82. The lowest BCUT2D eigenvalue weighted by Crippen LogP contribution is -2.46. The first-order valence-corrected chi connectivity index (χ1v) is 9.78. The van der Waals surface area contributed by atoms with Crippen LogP contribution in [0.25, 0.3) is 0 Å². The molecule has 1 aliphatic heterocycles. The van der Waals surface area contributed by atoms with Crippen molar-refractivity contribution in [3.8, 4) is 5.75 Å². The van der Waals surface area contributed by atoms with Crippen LogP contribution in [-0.4, -0.2) is 42.3 Å². The molecule has 3 rings (SSSR count). The van der Waals surface area contributed by atoms with E-state index in [9.17, 15) is 9.59 Å². The van der Waals surface area contributed by atoms with Crippen molar-refractivity contribution in [3.05, 3.63) is 59.2 Å². The lowest BCUT2D eigenvalue weighted by Gasteiger charge is -2.33. The number of Topliss-reactive ketones (excluding diaryl/α,β-unsaturated/α-hetero) is 1. The largest absolute Gasteiger partial charge is 0.484 e. The van der Waals surface area contributed by atoms with Crippen molar-refractivity contribution < 1.29 is 14.3 Å². The predicted octanol–water partition coefficient (Wildman–Crippen LogP) is 3.99. The minimum absolute atomic E-state index is 0.00970. The minimum Gasteiger partial charge on any atom is -0.484 e. The van der Waals surface area contributed by atoms with Gasteiger partial charge in [0.05, 0.1) is 0 Å². The molecule has 1 amide bonds. The van der Waals surface area contributed by atoms with E-state index in [-0.39, 0.29) is 24.3 Å². The molecule has 2 aromatic carbocycles. The first-order valence-electron chi connectivity index (χ1n) is 9.78. The number of nitrogens with one attached hydrogen (secondary N) is 1. The van der Waals surface area contributed by atoms with Gasteiger partial charge in [0, 0.05) is 30.4 Å². The van der Waals surface area contributed by atoms with Crippen LogP contribution in [0.5, 0.6) is 5.75 Å². The summed E-state index contributed by atoms with van der Waals surface area (Å²) in [6.07, 6.45) is 2.02. The van der Waals surface area contributed by atoms with Gasteiger partial charge in [0.15, 0.2) is 12.4 Å². The molecule has 0 aromatic heterocycles. The third kappa shape index (κ3) is 5.12. The molecule has 1 saturated heterocycles. The van der Waals surface area contributed by atoms with Crippen LogP contribution in [0.2, 0.25) is 0 Å². The Balaban J connectivity index is 1.52. The molecular formula is C23H28N2O3. The summed E-state index contributed by atoms with van der Waals surface area (Å²) in [4.78, 5) is 25.7. The summed E-state index contributed by atoms with van der Waals surface area (Å²) in [6, 6.07) is 13.5. The van der Waals surface area contributed by atoms with Gasteiger partial charge in [-0.25, -0.2) is 0 Å². The van der Waals surface area contributed by atoms with Crippen LogP contribution < -0.4 is 10.1 Å². The van der Waals surface area contributed by atoms with Crippen LogP contribution in [0.3, 0.4) is 0 Å². The Labute approximate surface area is 166 Å². The number of ketones is 1. The summed E-state index contributed by atoms with van der Waals surface area (Å²) < 4.78 is 5.62. The van der Waals surface area contributed by atoms with Gasteiger partial charge < -0.3 is 15.0 Å². The van der Waals surface area contributed by atoms with Gasteiger partial charge in [0.25, 0.3) is 5.91 Å². The molecule has 1 atom stereocenters. The number of hydrogen-bond donors (Lipinski definition) is 1. The highest BCUT2D eigenvalue weighted by molar-refractivity contribution is 5.94. The molecule has 1 fully saturated rings. The zero-order chi connectivity index (χ0) is 20.1. The van der Waals surface area contributed by atoms with Crippen LogP contribution in [0, 0.1) is 13.8 Å². The average molecular weight is 380 g/mol. The van der Waals surface area contributed by atoms with E-state index in [1.807, 2.05) is 4.90 Å². The summed E-state index contributed by atoms with van der Waals surface area (Å²) in [7, 11) is 0. The van der Waals surface area contributed by atoms with Gasteiger partial charge >= 0.3 is 0 Å². The number of aryl methyl sites for hydroxylation is 2. The van der Waals surface area contributed by atoms with Gasteiger partial charge in [0.2, 0.25) is 0 Å². The van der Waals surface area contributed by atoms with E-state index in [2.05, 4.69) is 37.4 Å². The zero-order valence-corrected chi connectivity index (χ0v) is 16.8. The van der Waals surface area contributed by atoms with E-state index >= 15 is 0 Å². The number of amides is 1.